The fourth-order valence-corrected chi connectivity index (χ4v) is 2.84. The molecule has 0 bridgehead atoms. The molecule has 0 radical (unpaired) electrons. The predicted octanol–water partition coefficient (Wildman–Crippen LogP) is 3.26. The molecule has 0 atom stereocenters. The van der Waals surface area contributed by atoms with E-state index in [2.05, 4.69) is 16.6 Å². The molecule has 2 rings (SSSR count). The van der Waals surface area contributed by atoms with E-state index in [1.807, 2.05) is 39.0 Å². The second-order valence-electron chi connectivity index (χ2n) is 6.51. The van der Waals surface area contributed by atoms with Crippen molar-refractivity contribution in [2.24, 2.45) is 0 Å². The van der Waals surface area contributed by atoms with Gasteiger partial charge in [0.1, 0.15) is 17.9 Å². The zero-order chi connectivity index (χ0) is 20.7. The number of hydrogen-bond acceptors (Lipinski definition) is 4. The molecule has 0 saturated heterocycles. The van der Waals surface area contributed by atoms with Crippen LogP contribution in [-0.2, 0) is 14.3 Å². The number of nitrogens with one attached hydrogen (secondary N) is 2. The number of benzene rings is 1. The predicted molar refractivity (Wildman–Crippen MR) is 110 cm³/mol. The van der Waals surface area contributed by atoms with Crippen molar-refractivity contribution in [1.82, 2.24) is 5.32 Å². The van der Waals surface area contributed by atoms with Crippen LogP contribution in [0, 0.1) is 12.3 Å². The Labute approximate surface area is 166 Å². The van der Waals surface area contributed by atoms with Crippen LogP contribution in [0.15, 0.2) is 36.1 Å². The topological polar surface area (TPSA) is 76.7 Å². The van der Waals surface area contributed by atoms with Crippen LogP contribution in [0.4, 0.5) is 5.69 Å². The number of methoxy groups -OCH3 is 1. The van der Waals surface area contributed by atoms with Gasteiger partial charge in [-0.1, -0.05) is 25.8 Å². The standard InChI is InChI=1S/C22H26N2O4/c1-6-22(7-2,8-3)24-21(26)20(25)23-17-11-12-18(19(13-17)27-5)16-10-9-15(4)28-14-16/h1,9-13H,7-8,14H2,2-5H3,(H,23,25)(H,24,26). The number of anilines is 1. The van der Waals surface area contributed by atoms with E-state index in [0.29, 0.717) is 30.9 Å². The van der Waals surface area contributed by atoms with Gasteiger partial charge in [0.15, 0.2) is 0 Å². The molecule has 0 aliphatic carbocycles. The van der Waals surface area contributed by atoms with Gasteiger partial charge < -0.3 is 20.1 Å². The number of hydrogen-bond donors (Lipinski definition) is 2. The molecule has 28 heavy (non-hydrogen) atoms. The zero-order valence-corrected chi connectivity index (χ0v) is 16.7. The van der Waals surface area contributed by atoms with E-state index in [9.17, 15) is 9.59 Å². The van der Waals surface area contributed by atoms with Gasteiger partial charge in [-0.15, -0.1) is 6.42 Å². The maximum absolute atomic E-state index is 12.3. The third-order valence-electron chi connectivity index (χ3n) is 4.82. The van der Waals surface area contributed by atoms with Crippen LogP contribution in [-0.4, -0.2) is 31.1 Å². The molecule has 6 heteroatoms. The Morgan fingerprint density at radius 1 is 1.25 bits per heavy atom. The van der Waals surface area contributed by atoms with Gasteiger partial charge in [-0.25, -0.2) is 0 Å². The number of amides is 2. The van der Waals surface area contributed by atoms with Gasteiger partial charge in [0.25, 0.3) is 0 Å². The average molecular weight is 382 g/mol. The van der Waals surface area contributed by atoms with E-state index < -0.39 is 17.4 Å². The Hall–Kier alpha value is -3.20. The van der Waals surface area contributed by atoms with Gasteiger partial charge in [-0.2, -0.15) is 0 Å². The van der Waals surface area contributed by atoms with E-state index >= 15 is 0 Å². The van der Waals surface area contributed by atoms with Crippen molar-refractivity contribution in [3.8, 4) is 18.1 Å². The van der Waals surface area contributed by atoms with Crippen LogP contribution in [0.3, 0.4) is 0 Å². The average Bonchev–Trinajstić information content (AvgIpc) is 2.72. The molecule has 0 spiro atoms. The molecule has 0 aromatic heterocycles. The summed E-state index contributed by atoms with van der Waals surface area (Å²) in [5.74, 6) is 2.44. The quantitative estimate of drug-likeness (QED) is 0.585. The SMILES string of the molecule is C#CC(CC)(CC)NC(=O)C(=O)Nc1ccc(C2=CC=C(C)OC2)c(OC)c1. The monoisotopic (exact) mass is 382 g/mol. The zero-order valence-electron chi connectivity index (χ0n) is 16.7. The lowest BCUT2D eigenvalue weighted by Gasteiger charge is -2.26. The summed E-state index contributed by atoms with van der Waals surface area (Å²) in [4.78, 5) is 24.5. The first-order valence-electron chi connectivity index (χ1n) is 9.18. The highest BCUT2D eigenvalue weighted by Gasteiger charge is 2.28. The summed E-state index contributed by atoms with van der Waals surface area (Å²) in [5.41, 5.74) is 1.44. The molecule has 1 aromatic rings. The number of carbonyl (C=O) groups is 2. The highest BCUT2D eigenvalue weighted by atomic mass is 16.5. The molecule has 6 nitrogen and oxygen atoms in total. The van der Waals surface area contributed by atoms with E-state index in [0.717, 1.165) is 16.9 Å². The third-order valence-corrected chi connectivity index (χ3v) is 4.82. The van der Waals surface area contributed by atoms with Crippen molar-refractivity contribution in [3.63, 3.8) is 0 Å². The summed E-state index contributed by atoms with van der Waals surface area (Å²) in [7, 11) is 1.55. The van der Waals surface area contributed by atoms with Crippen molar-refractivity contribution in [2.75, 3.05) is 19.0 Å². The lowest BCUT2D eigenvalue weighted by molar-refractivity contribution is -0.137. The van der Waals surface area contributed by atoms with Gasteiger partial charge in [-0.05, 0) is 38.0 Å². The Kier molecular flexibility index (Phi) is 6.89. The van der Waals surface area contributed by atoms with Gasteiger partial charge in [0, 0.05) is 22.9 Å². The summed E-state index contributed by atoms with van der Waals surface area (Å²) in [6, 6.07) is 5.20. The van der Waals surface area contributed by atoms with Gasteiger partial charge in [0.05, 0.1) is 12.9 Å². The van der Waals surface area contributed by atoms with Crippen molar-refractivity contribution in [2.45, 2.75) is 39.2 Å². The molecule has 1 heterocycles. The number of ether oxygens (including phenoxy) is 2. The van der Waals surface area contributed by atoms with Crippen LogP contribution >= 0.6 is 0 Å². The molecule has 0 unspecified atom stereocenters. The van der Waals surface area contributed by atoms with Crippen molar-refractivity contribution in [3.05, 3.63) is 41.7 Å². The number of allylic oxidation sites excluding steroid dienone is 3. The second kappa shape index (κ2) is 9.14. The normalized spacial score (nSPS) is 13.4. The largest absolute Gasteiger partial charge is 0.496 e. The fourth-order valence-electron chi connectivity index (χ4n) is 2.84. The fraction of sp³-hybridized carbons (Fsp3) is 0.364. The van der Waals surface area contributed by atoms with Crippen LogP contribution in [0.25, 0.3) is 5.57 Å². The first-order chi connectivity index (χ1) is 13.4. The summed E-state index contributed by atoms with van der Waals surface area (Å²) in [6.07, 6.45) is 10.5. The van der Waals surface area contributed by atoms with Crippen LogP contribution < -0.4 is 15.4 Å². The molecule has 0 fully saturated rings. The Morgan fingerprint density at radius 3 is 2.50 bits per heavy atom. The van der Waals surface area contributed by atoms with E-state index in [-0.39, 0.29) is 0 Å². The summed E-state index contributed by atoms with van der Waals surface area (Å²) in [6.45, 7) is 6.06. The molecular weight excluding hydrogens is 356 g/mol. The van der Waals surface area contributed by atoms with Gasteiger partial charge in [-0.3, -0.25) is 9.59 Å². The Morgan fingerprint density at radius 2 is 1.96 bits per heavy atom. The lowest BCUT2D eigenvalue weighted by atomic mass is 9.94. The molecule has 0 saturated carbocycles. The first kappa shape index (κ1) is 21.1. The molecular formula is C22H26N2O4. The van der Waals surface area contributed by atoms with Gasteiger partial charge in [0.2, 0.25) is 0 Å². The highest BCUT2D eigenvalue weighted by molar-refractivity contribution is 6.39. The van der Waals surface area contributed by atoms with Crippen molar-refractivity contribution in [1.29, 1.82) is 0 Å². The molecule has 1 aromatic carbocycles. The van der Waals surface area contributed by atoms with E-state index in [1.165, 1.54) is 0 Å². The molecule has 2 N–H and O–H groups in total. The maximum Gasteiger partial charge on any atom is 0.313 e. The molecule has 2 amide bonds. The Bertz CT molecular complexity index is 858. The number of terminal acetylenes is 1. The summed E-state index contributed by atoms with van der Waals surface area (Å²) < 4.78 is 11.0. The first-order valence-corrected chi connectivity index (χ1v) is 9.18. The maximum atomic E-state index is 12.3. The van der Waals surface area contributed by atoms with Gasteiger partial charge >= 0.3 is 11.8 Å². The lowest BCUT2D eigenvalue weighted by Crippen LogP contribution is -2.50. The van der Waals surface area contributed by atoms with E-state index in [1.54, 1.807) is 19.2 Å². The summed E-state index contributed by atoms with van der Waals surface area (Å²) in [5, 5.41) is 5.23. The van der Waals surface area contributed by atoms with Crippen LogP contribution in [0.2, 0.25) is 0 Å². The highest BCUT2D eigenvalue weighted by Crippen LogP contribution is 2.31. The van der Waals surface area contributed by atoms with Crippen molar-refractivity contribution >= 4 is 23.1 Å². The molecule has 1 aliphatic rings. The van der Waals surface area contributed by atoms with E-state index in [4.69, 9.17) is 15.9 Å². The third kappa shape index (κ3) is 4.74. The smallest absolute Gasteiger partial charge is 0.313 e. The number of rotatable bonds is 6. The van der Waals surface area contributed by atoms with Crippen molar-refractivity contribution < 1.29 is 19.1 Å². The molecule has 1 aliphatic heterocycles. The second-order valence-corrected chi connectivity index (χ2v) is 6.51. The van der Waals surface area contributed by atoms with Crippen LogP contribution in [0.1, 0.15) is 39.2 Å². The minimum Gasteiger partial charge on any atom is -0.496 e. The minimum absolute atomic E-state index is 0.439. The molecule has 148 valence electrons. The minimum atomic E-state index is -0.824. The summed E-state index contributed by atoms with van der Waals surface area (Å²) >= 11 is 0. The number of carbonyl (C=O) groups excluding carboxylic acids is 2. The Balaban J connectivity index is 2.15. The van der Waals surface area contributed by atoms with Crippen LogP contribution in [0.5, 0.6) is 5.75 Å².